The molecule has 0 saturated carbocycles. The van der Waals surface area contributed by atoms with Gasteiger partial charge in [0.05, 0.1) is 0 Å². The molecule has 178 valence electrons. The summed E-state index contributed by atoms with van der Waals surface area (Å²) in [5.74, 6) is 1.50. The Labute approximate surface area is 205 Å². The fourth-order valence-electron chi connectivity index (χ4n) is 4.59. The second-order valence-electron chi connectivity index (χ2n) is 10.5. The Morgan fingerprint density at radius 1 is 0.412 bits per heavy atom. The molecule has 0 bridgehead atoms. The zero-order valence-electron chi connectivity index (χ0n) is 21.9. The van der Waals surface area contributed by atoms with E-state index in [1.165, 1.54) is 22.3 Å². The summed E-state index contributed by atoms with van der Waals surface area (Å²) in [4.78, 5) is 26.4. The minimum absolute atomic E-state index is 0.0143. The van der Waals surface area contributed by atoms with E-state index in [1.54, 1.807) is 24.3 Å². The van der Waals surface area contributed by atoms with Gasteiger partial charge in [-0.1, -0.05) is 104 Å². The van der Waals surface area contributed by atoms with E-state index in [4.69, 9.17) is 0 Å². The molecule has 0 unspecified atom stereocenters. The highest BCUT2D eigenvalue weighted by Gasteiger charge is 2.18. The van der Waals surface area contributed by atoms with Gasteiger partial charge in [0.1, 0.15) is 0 Å². The van der Waals surface area contributed by atoms with E-state index in [2.05, 4.69) is 67.5 Å². The topological polar surface area (TPSA) is 34.1 Å². The average molecular weight is 455 g/mol. The highest BCUT2D eigenvalue weighted by molar-refractivity contribution is 6.11. The lowest BCUT2D eigenvalue weighted by Gasteiger charge is -2.17. The summed E-state index contributed by atoms with van der Waals surface area (Å²) in [6.45, 7) is 17.4. The van der Waals surface area contributed by atoms with Gasteiger partial charge >= 0.3 is 0 Å². The molecule has 3 aromatic carbocycles. The fourth-order valence-corrected chi connectivity index (χ4v) is 4.59. The number of rotatable bonds is 8. The van der Waals surface area contributed by atoms with E-state index < -0.39 is 0 Å². The molecule has 0 aromatic heterocycles. The number of hydrogen-bond acceptors (Lipinski definition) is 2. The maximum Gasteiger partial charge on any atom is 0.193 e. The predicted octanol–water partition coefficient (Wildman–Crippen LogP) is 8.64. The lowest BCUT2D eigenvalue weighted by Crippen LogP contribution is -2.08. The van der Waals surface area contributed by atoms with Crippen molar-refractivity contribution in [2.24, 2.45) is 0 Å². The number of carbonyl (C=O) groups is 2. The maximum atomic E-state index is 13.2. The van der Waals surface area contributed by atoms with Gasteiger partial charge in [-0.3, -0.25) is 9.59 Å². The van der Waals surface area contributed by atoms with Gasteiger partial charge in [0.2, 0.25) is 0 Å². The third-order valence-corrected chi connectivity index (χ3v) is 6.60. The van der Waals surface area contributed by atoms with Gasteiger partial charge in [-0.2, -0.15) is 0 Å². The maximum absolute atomic E-state index is 13.2. The Hall–Kier alpha value is -3.00. The van der Waals surface area contributed by atoms with E-state index in [-0.39, 0.29) is 11.6 Å². The van der Waals surface area contributed by atoms with Crippen LogP contribution in [0.25, 0.3) is 0 Å². The van der Waals surface area contributed by atoms with Crippen molar-refractivity contribution in [3.63, 3.8) is 0 Å². The van der Waals surface area contributed by atoms with Crippen molar-refractivity contribution < 1.29 is 9.59 Å². The SMILES string of the molecule is CC(C)c1ccc(C(=O)c2ccc(C(=O)c3ccc(C(C)C)c(C(C)C)c3)cc2)cc1C(C)C. The molecule has 0 saturated heterocycles. The molecule has 0 spiro atoms. The van der Waals surface area contributed by atoms with Gasteiger partial charge in [-0.05, 0) is 58.1 Å². The van der Waals surface area contributed by atoms with Gasteiger partial charge in [0.25, 0.3) is 0 Å². The molecular weight excluding hydrogens is 416 g/mol. The van der Waals surface area contributed by atoms with Crippen LogP contribution in [0.15, 0.2) is 60.7 Å². The van der Waals surface area contributed by atoms with E-state index >= 15 is 0 Å². The van der Waals surface area contributed by atoms with Crippen LogP contribution in [0, 0.1) is 0 Å². The molecular formula is C32H38O2. The molecule has 3 rings (SSSR count). The Balaban J connectivity index is 1.88. The molecule has 0 aliphatic carbocycles. The Kier molecular flexibility index (Phi) is 7.92. The first-order valence-electron chi connectivity index (χ1n) is 12.5. The van der Waals surface area contributed by atoms with Crippen LogP contribution in [0.3, 0.4) is 0 Å². The van der Waals surface area contributed by atoms with E-state index in [0.717, 1.165) is 0 Å². The second-order valence-corrected chi connectivity index (χ2v) is 10.5. The molecule has 0 aliphatic rings. The quantitative estimate of drug-likeness (QED) is 0.319. The summed E-state index contributed by atoms with van der Waals surface area (Å²) in [6, 6.07) is 19.2. The van der Waals surface area contributed by atoms with Crippen LogP contribution in [0.2, 0.25) is 0 Å². The lowest BCUT2D eigenvalue weighted by atomic mass is 9.87. The highest BCUT2D eigenvalue weighted by Crippen LogP contribution is 2.29. The van der Waals surface area contributed by atoms with Crippen LogP contribution >= 0.6 is 0 Å². The smallest absolute Gasteiger partial charge is 0.193 e. The van der Waals surface area contributed by atoms with Crippen LogP contribution < -0.4 is 0 Å². The summed E-state index contributed by atoms with van der Waals surface area (Å²) < 4.78 is 0. The molecule has 2 nitrogen and oxygen atoms in total. The lowest BCUT2D eigenvalue weighted by molar-refractivity contribution is 0.102. The summed E-state index contributed by atoms with van der Waals surface area (Å²) in [7, 11) is 0. The van der Waals surface area contributed by atoms with Gasteiger partial charge in [0, 0.05) is 22.3 Å². The molecule has 0 fully saturated rings. The Bertz CT molecular complexity index is 1080. The van der Waals surface area contributed by atoms with E-state index in [9.17, 15) is 9.59 Å². The third kappa shape index (κ3) is 5.38. The van der Waals surface area contributed by atoms with Crippen molar-refractivity contribution in [2.75, 3.05) is 0 Å². The van der Waals surface area contributed by atoms with Gasteiger partial charge in [-0.25, -0.2) is 0 Å². The molecule has 0 radical (unpaired) electrons. The van der Waals surface area contributed by atoms with E-state index in [1.807, 2.05) is 24.3 Å². The number of hydrogen-bond donors (Lipinski definition) is 0. The summed E-state index contributed by atoms with van der Waals surface area (Å²) in [5.41, 5.74) is 7.60. The van der Waals surface area contributed by atoms with Crippen LogP contribution in [0.4, 0.5) is 0 Å². The van der Waals surface area contributed by atoms with Crippen LogP contribution in [-0.2, 0) is 0 Å². The number of benzene rings is 3. The van der Waals surface area contributed by atoms with Gasteiger partial charge in [-0.15, -0.1) is 0 Å². The molecule has 3 aromatic rings. The monoisotopic (exact) mass is 454 g/mol. The van der Waals surface area contributed by atoms with Crippen molar-refractivity contribution >= 4 is 11.6 Å². The first-order valence-corrected chi connectivity index (χ1v) is 12.5. The minimum Gasteiger partial charge on any atom is -0.289 e. The molecule has 0 amide bonds. The third-order valence-electron chi connectivity index (χ3n) is 6.60. The van der Waals surface area contributed by atoms with Gasteiger partial charge < -0.3 is 0 Å². The Morgan fingerprint density at radius 3 is 0.941 bits per heavy atom. The standard InChI is InChI=1S/C32H38O2/c1-19(2)27-15-13-25(17-29(27)21(5)6)31(33)23-9-11-24(12-10-23)32(34)26-14-16-28(20(3)4)30(18-26)22(7)8/h9-22H,1-8H3. The molecule has 0 aliphatic heterocycles. The number of carbonyl (C=O) groups excluding carboxylic acids is 2. The van der Waals surface area contributed by atoms with Crippen molar-refractivity contribution in [3.8, 4) is 0 Å². The first-order chi connectivity index (χ1) is 16.0. The summed E-state index contributed by atoms with van der Waals surface area (Å²) >= 11 is 0. The minimum atomic E-state index is -0.0143. The second kappa shape index (κ2) is 10.5. The molecule has 0 atom stereocenters. The van der Waals surface area contributed by atoms with Crippen molar-refractivity contribution in [1.29, 1.82) is 0 Å². The first kappa shape index (κ1) is 25.6. The van der Waals surface area contributed by atoms with E-state index in [0.29, 0.717) is 45.9 Å². The predicted molar refractivity (Wildman–Crippen MR) is 143 cm³/mol. The Morgan fingerprint density at radius 2 is 0.676 bits per heavy atom. The molecule has 34 heavy (non-hydrogen) atoms. The van der Waals surface area contributed by atoms with Crippen molar-refractivity contribution in [3.05, 3.63) is 105 Å². The van der Waals surface area contributed by atoms with Gasteiger partial charge in [0.15, 0.2) is 11.6 Å². The van der Waals surface area contributed by atoms with Crippen molar-refractivity contribution in [2.45, 2.75) is 79.1 Å². The average Bonchev–Trinajstić information content (AvgIpc) is 2.82. The zero-order valence-corrected chi connectivity index (χ0v) is 21.9. The normalized spacial score (nSPS) is 11.6. The molecule has 2 heteroatoms. The largest absolute Gasteiger partial charge is 0.289 e. The van der Waals surface area contributed by atoms with Crippen molar-refractivity contribution in [1.82, 2.24) is 0 Å². The van der Waals surface area contributed by atoms with Crippen LogP contribution in [0.5, 0.6) is 0 Å². The van der Waals surface area contributed by atoms with Crippen LogP contribution in [0.1, 0.15) is 133 Å². The summed E-state index contributed by atoms with van der Waals surface area (Å²) in [5, 5.41) is 0. The molecule has 0 heterocycles. The van der Waals surface area contributed by atoms with Crippen LogP contribution in [-0.4, -0.2) is 11.6 Å². The number of ketones is 2. The molecule has 0 N–H and O–H groups in total. The summed E-state index contributed by atoms with van der Waals surface area (Å²) in [6.07, 6.45) is 0. The highest BCUT2D eigenvalue weighted by atomic mass is 16.1. The fraction of sp³-hybridized carbons (Fsp3) is 0.375. The zero-order chi connectivity index (χ0) is 25.2.